The lowest BCUT2D eigenvalue weighted by atomic mass is 9.47. The number of H-pyrrole nitrogens is 1. The minimum atomic E-state index is -2.53. The number of methoxy groups -OCH3 is 3. The molecule has 1 amide bonds. The number of rotatable bonds is 8. The molecule has 14 heteroatoms. The number of benzene rings is 2. The Hall–Kier alpha value is -4.76. The number of nitrogens with zero attached hydrogens (tertiary/aromatic N) is 3. The Morgan fingerprint density at radius 1 is 0.967 bits per heavy atom. The summed E-state index contributed by atoms with van der Waals surface area (Å²) in [6.07, 6.45) is 5.83. The molecule has 2 bridgehead atoms. The molecule has 2 saturated heterocycles. The van der Waals surface area contributed by atoms with Crippen molar-refractivity contribution in [2.24, 2.45) is 11.3 Å². The average molecular weight is 825 g/mol. The highest BCUT2D eigenvalue weighted by Crippen LogP contribution is 2.68. The third-order valence-corrected chi connectivity index (χ3v) is 15.5. The molecular formula is C46H56N4O10. The lowest BCUT2D eigenvalue weighted by Gasteiger charge is -2.63. The number of aromatic nitrogens is 1. The summed E-state index contributed by atoms with van der Waals surface area (Å²) in [5.74, 6) is -2.06. The van der Waals surface area contributed by atoms with Gasteiger partial charge in [-0.1, -0.05) is 44.2 Å². The average Bonchev–Trinajstić information content (AvgIpc) is 3.92. The van der Waals surface area contributed by atoms with E-state index >= 15 is 4.79 Å². The number of carbonyl (C=O) groups is 4. The SMILES string of the molecule is CCC1(O)CC2CN(CCc3c([nH]c4ccccc34)C(C(=O)OC)(c3cc4c(cc3OC)N(C=O)C3[C@]45CCN4CC=C[C@](CC)(C45)[C@H](OC(C)=O)[C@@]3(O)C(=O)OC)C2)C1. The van der Waals surface area contributed by atoms with Gasteiger partial charge in [0.1, 0.15) is 11.2 Å². The normalized spacial score (nSPS) is 36.5. The molecule has 3 aromatic rings. The van der Waals surface area contributed by atoms with Gasteiger partial charge in [-0.05, 0) is 74.2 Å². The largest absolute Gasteiger partial charge is 0.496 e. The molecule has 1 spiro atoms. The van der Waals surface area contributed by atoms with Gasteiger partial charge in [0.25, 0.3) is 0 Å². The van der Waals surface area contributed by atoms with Crippen LogP contribution in [0.3, 0.4) is 0 Å². The molecular weight excluding hydrogens is 769 g/mol. The minimum Gasteiger partial charge on any atom is -0.496 e. The molecule has 1 aromatic heterocycles. The molecule has 3 N–H and O–H groups in total. The van der Waals surface area contributed by atoms with E-state index < -0.39 is 63.5 Å². The van der Waals surface area contributed by atoms with Crippen molar-refractivity contribution < 1.29 is 48.3 Å². The Morgan fingerprint density at radius 2 is 1.73 bits per heavy atom. The summed E-state index contributed by atoms with van der Waals surface area (Å²) in [7, 11) is 4.09. The van der Waals surface area contributed by atoms with Crippen molar-refractivity contribution in [2.45, 2.75) is 99.5 Å². The zero-order chi connectivity index (χ0) is 42.6. The fourth-order valence-electron chi connectivity index (χ4n) is 13.4. The van der Waals surface area contributed by atoms with E-state index in [4.69, 9.17) is 18.9 Å². The second-order valence-corrected chi connectivity index (χ2v) is 18.1. The Morgan fingerprint density at radius 3 is 2.42 bits per heavy atom. The second-order valence-electron chi connectivity index (χ2n) is 18.1. The number of amides is 1. The number of aromatic amines is 1. The number of para-hydroxylation sites is 1. The van der Waals surface area contributed by atoms with Crippen LogP contribution in [0.25, 0.3) is 10.9 Å². The third-order valence-electron chi connectivity index (χ3n) is 15.5. The third kappa shape index (κ3) is 5.19. The number of esters is 3. The Bertz CT molecular complexity index is 2310. The predicted octanol–water partition coefficient (Wildman–Crippen LogP) is 3.52. The number of anilines is 1. The van der Waals surface area contributed by atoms with Crippen molar-refractivity contribution in [3.8, 4) is 5.75 Å². The number of nitrogens with one attached hydrogen (secondary N) is 1. The fourth-order valence-corrected chi connectivity index (χ4v) is 13.4. The van der Waals surface area contributed by atoms with Gasteiger partial charge >= 0.3 is 17.9 Å². The highest BCUT2D eigenvalue weighted by molar-refractivity contribution is 5.96. The van der Waals surface area contributed by atoms with Crippen LogP contribution in [0.4, 0.5) is 5.69 Å². The lowest BCUT2D eigenvalue weighted by molar-refractivity contribution is -0.228. The van der Waals surface area contributed by atoms with Gasteiger partial charge in [0, 0.05) is 78.2 Å². The number of carbonyl (C=O) groups excluding carboxylic acids is 4. The topological polar surface area (TPSA) is 171 Å². The zero-order valence-electron chi connectivity index (χ0n) is 35.3. The number of piperidine rings is 1. The number of aliphatic hydroxyl groups is 2. The van der Waals surface area contributed by atoms with Crippen LogP contribution in [-0.4, -0.2) is 133 Å². The summed E-state index contributed by atoms with van der Waals surface area (Å²) < 4.78 is 23.7. The van der Waals surface area contributed by atoms with E-state index in [0.29, 0.717) is 99.5 Å². The molecule has 9 rings (SSSR count). The fraction of sp³-hybridized carbons (Fsp3) is 0.565. The number of hydrogen-bond donors (Lipinski definition) is 3. The van der Waals surface area contributed by atoms with Gasteiger partial charge in [0.05, 0.1) is 38.7 Å². The van der Waals surface area contributed by atoms with Crippen LogP contribution in [0, 0.1) is 11.3 Å². The van der Waals surface area contributed by atoms with Crippen molar-refractivity contribution in [3.63, 3.8) is 0 Å². The molecule has 3 fully saturated rings. The molecule has 1 saturated carbocycles. The maximum absolute atomic E-state index is 15.3. The summed E-state index contributed by atoms with van der Waals surface area (Å²) in [6.45, 7) is 8.16. The van der Waals surface area contributed by atoms with Crippen LogP contribution in [-0.2, 0) is 50.6 Å². The van der Waals surface area contributed by atoms with Crippen LogP contribution in [0.1, 0.15) is 75.3 Å². The molecule has 6 unspecified atom stereocenters. The van der Waals surface area contributed by atoms with E-state index in [0.717, 1.165) is 16.5 Å². The number of fused-ring (bicyclic) bond motifs is 6. The van der Waals surface area contributed by atoms with E-state index in [2.05, 4.69) is 20.9 Å². The van der Waals surface area contributed by atoms with Crippen LogP contribution in [0.5, 0.6) is 5.75 Å². The van der Waals surface area contributed by atoms with Crippen molar-refractivity contribution in [1.82, 2.24) is 14.8 Å². The lowest BCUT2D eigenvalue weighted by Crippen LogP contribution is -2.81. The first-order valence-electron chi connectivity index (χ1n) is 21.3. The summed E-state index contributed by atoms with van der Waals surface area (Å²) in [6, 6.07) is 9.97. The molecule has 6 heterocycles. The van der Waals surface area contributed by atoms with Crippen molar-refractivity contribution in [2.75, 3.05) is 59.0 Å². The summed E-state index contributed by atoms with van der Waals surface area (Å²) in [5.41, 5.74) is -3.15. The second kappa shape index (κ2) is 14.1. The monoisotopic (exact) mass is 824 g/mol. The first-order chi connectivity index (χ1) is 28.8. The van der Waals surface area contributed by atoms with Crippen LogP contribution < -0.4 is 9.64 Å². The molecule has 0 radical (unpaired) electrons. The summed E-state index contributed by atoms with van der Waals surface area (Å²) in [5, 5.41) is 26.3. The number of hydrogen-bond acceptors (Lipinski definition) is 12. The van der Waals surface area contributed by atoms with E-state index in [-0.39, 0.29) is 12.3 Å². The highest BCUT2D eigenvalue weighted by atomic mass is 16.6. The van der Waals surface area contributed by atoms with E-state index in [9.17, 15) is 24.6 Å². The molecule has 10 atom stereocenters. The molecule has 5 aliphatic heterocycles. The highest BCUT2D eigenvalue weighted by Gasteiger charge is 2.81. The molecule has 320 valence electrons. The van der Waals surface area contributed by atoms with Crippen LogP contribution in [0.15, 0.2) is 48.6 Å². The van der Waals surface area contributed by atoms with Crippen LogP contribution >= 0.6 is 0 Å². The van der Waals surface area contributed by atoms with Gasteiger partial charge < -0.3 is 39.0 Å². The van der Waals surface area contributed by atoms with E-state index in [1.54, 1.807) is 6.07 Å². The van der Waals surface area contributed by atoms with E-state index in [1.807, 2.05) is 50.3 Å². The Labute approximate surface area is 349 Å². The minimum absolute atomic E-state index is 0.155. The van der Waals surface area contributed by atoms with Gasteiger partial charge in [-0.25, -0.2) is 4.79 Å². The van der Waals surface area contributed by atoms with Gasteiger partial charge in [-0.3, -0.25) is 24.2 Å². The predicted molar refractivity (Wildman–Crippen MR) is 221 cm³/mol. The van der Waals surface area contributed by atoms with Crippen molar-refractivity contribution >= 4 is 40.9 Å². The van der Waals surface area contributed by atoms with Gasteiger partial charge in [0.2, 0.25) is 12.0 Å². The maximum atomic E-state index is 15.3. The first kappa shape index (κ1) is 40.6. The molecule has 2 aromatic carbocycles. The van der Waals surface area contributed by atoms with Gasteiger partial charge in [0.15, 0.2) is 6.10 Å². The maximum Gasteiger partial charge on any atom is 0.344 e. The van der Waals surface area contributed by atoms with Gasteiger partial charge in [-0.15, -0.1) is 0 Å². The summed E-state index contributed by atoms with van der Waals surface area (Å²) >= 11 is 0. The van der Waals surface area contributed by atoms with E-state index in [1.165, 1.54) is 33.2 Å². The van der Waals surface area contributed by atoms with Crippen molar-refractivity contribution in [3.05, 3.63) is 70.9 Å². The molecule has 6 aliphatic rings. The van der Waals surface area contributed by atoms with Gasteiger partial charge in [-0.2, -0.15) is 0 Å². The first-order valence-corrected chi connectivity index (χ1v) is 21.3. The zero-order valence-corrected chi connectivity index (χ0v) is 35.3. The molecule has 60 heavy (non-hydrogen) atoms. The molecule has 1 aliphatic carbocycles. The molecule has 14 nitrogen and oxygen atoms in total. The Kier molecular flexibility index (Phi) is 9.58. The Balaban J connectivity index is 1.38. The number of ether oxygens (including phenoxy) is 4. The quantitative estimate of drug-likeness (QED) is 0.131. The van der Waals surface area contributed by atoms with Crippen molar-refractivity contribution in [1.29, 1.82) is 0 Å². The smallest absolute Gasteiger partial charge is 0.344 e. The summed E-state index contributed by atoms with van der Waals surface area (Å²) in [4.78, 5) is 66.1. The standard InChI is InChI=1S/C46H56N4O10/c1-7-42(55)22-28-23-45(40(53)58-5,36-30(14-18-48(24-28)25-42)29-12-9-10-13-33(29)47-36)32-20-31-34(21-35(32)57-4)50(26-51)38-44(31)16-19-49-17-11-15-43(8-2,37(44)49)39(60-27(3)52)46(38,56)41(54)59-6/h9-13,15,20-21,26,28,37-39,47,55-56H,7-8,14,16-19,22-25H2,1-6H3/t28?,37?,38?,39-,42?,43+,44+,45?,46+/m0/s1. The van der Waals surface area contributed by atoms with Crippen LogP contribution in [0.2, 0.25) is 0 Å².